The first-order valence-corrected chi connectivity index (χ1v) is 8.52. The molecule has 4 atom stereocenters. The Balaban J connectivity index is 2.46. The maximum Gasteiger partial charge on any atom is 0.351 e. The number of amides is 1. The summed E-state index contributed by atoms with van der Waals surface area (Å²) in [7, 11) is 1.44. The molecule has 1 aromatic rings. The van der Waals surface area contributed by atoms with Crippen LogP contribution in [0, 0.1) is 0 Å². The van der Waals surface area contributed by atoms with Crippen molar-refractivity contribution in [2.24, 2.45) is 0 Å². The lowest BCUT2D eigenvalue weighted by molar-refractivity contribution is -0.198. The third kappa shape index (κ3) is 5.16. The summed E-state index contributed by atoms with van der Waals surface area (Å²) in [5, 5.41) is 0. The van der Waals surface area contributed by atoms with E-state index in [9.17, 15) is 24.0 Å². The average molecular weight is 411 g/mol. The second-order valence-corrected chi connectivity index (χ2v) is 6.21. The van der Waals surface area contributed by atoms with Crippen molar-refractivity contribution in [2.75, 3.05) is 11.9 Å². The molecule has 1 aliphatic heterocycles. The van der Waals surface area contributed by atoms with Crippen molar-refractivity contribution in [1.29, 1.82) is 0 Å². The van der Waals surface area contributed by atoms with Crippen molar-refractivity contribution in [2.45, 2.75) is 52.4 Å². The molecule has 1 aromatic heterocycles. The second kappa shape index (κ2) is 8.82. The summed E-state index contributed by atoms with van der Waals surface area (Å²) < 4.78 is 21.8. The molecule has 2 heterocycles. The molecule has 12 nitrogen and oxygen atoms in total. The third-order valence-electron chi connectivity index (χ3n) is 3.94. The van der Waals surface area contributed by atoms with E-state index in [0.717, 1.165) is 30.2 Å². The molecule has 1 saturated heterocycles. The molecule has 1 fully saturated rings. The standard InChI is InChI=1S/C17H21N3O9/c1-8(21)19(5)12-6-7-20(17(25)18-12)15-13(26-9(2)22)14(27-10(3)23)16(29-15)28-11(4)24/h6-7,13-16H,1-5H3/t13?,14?,15-,16+/m0/s1. The number of esters is 3. The fourth-order valence-corrected chi connectivity index (χ4v) is 2.67. The molecular weight excluding hydrogens is 390 g/mol. The molecule has 2 unspecified atom stereocenters. The Kier molecular flexibility index (Phi) is 6.69. The molecule has 1 amide bonds. The van der Waals surface area contributed by atoms with Crippen LogP contribution in [0.3, 0.4) is 0 Å². The van der Waals surface area contributed by atoms with Crippen LogP contribution in [-0.2, 0) is 38.1 Å². The van der Waals surface area contributed by atoms with Crippen LogP contribution in [0.5, 0.6) is 0 Å². The van der Waals surface area contributed by atoms with E-state index in [4.69, 9.17) is 18.9 Å². The van der Waals surface area contributed by atoms with Gasteiger partial charge in [-0.05, 0) is 6.07 Å². The number of aromatic nitrogens is 2. The number of carbonyl (C=O) groups is 4. The number of carbonyl (C=O) groups excluding carboxylic acids is 4. The van der Waals surface area contributed by atoms with E-state index in [1.807, 2.05) is 0 Å². The third-order valence-corrected chi connectivity index (χ3v) is 3.94. The Morgan fingerprint density at radius 1 is 1.00 bits per heavy atom. The van der Waals surface area contributed by atoms with Crippen LogP contribution in [0.1, 0.15) is 33.9 Å². The zero-order valence-corrected chi connectivity index (χ0v) is 16.5. The van der Waals surface area contributed by atoms with Gasteiger partial charge in [0.15, 0.2) is 12.3 Å². The van der Waals surface area contributed by atoms with E-state index < -0.39 is 48.3 Å². The Morgan fingerprint density at radius 3 is 2.03 bits per heavy atom. The lowest BCUT2D eigenvalue weighted by Gasteiger charge is -2.23. The van der Waals surface area contributed by atoms with Crippen LogP contribution in [0.4, 0.5) is 5.82 Å². The van der Waals surface area contributed by atoms with E-state index in [0.29, 0.717) is 0 Å². The maximum atomic E-state index is 12.5. The fraction of sp³-hybridized carbons (Fsp3) is 0.529. The van der Waals surface area contributed by atoms with Gasteiger partial charge in [-0.2, -0.15) is 4.98 Å². The number of hydrogen-bond donors (Lipinski definition) is 0. The molecule has 1 aliphatic rings. The summed E-state index contributed by atoms with van der Waals surface area (Å²) in [6, 6.07) is 1.37. The Bertz CT molecular complexity index is 881. The lowest BCUT2D eigenvalue weighted by Crippen LogP contribution is -2.41. The molecule has 0 aliphatic carbocycles. The number of hydrogen-bond acceptors (Lipinski definition) is 10. The van der Waals surface area contributed by atoms with Gasteiger partial charge >= 0.3 is 23.6 Å². The summed E-state index contributed by atoms with van der Waals surface area (Å²) in [6.07, 6.45) is -4.05. The van der Waals surface area contributed by atoms with Gasteiger partial charge in [-0.25, -0.2) is 4.79 Å². The Hall–Kier alpha value is -3.28. The van der Waals surface area contributed by atoms with E-state index >= 15 is 0 Å². The van der Waals surface area contributed by atoms with Gasteiger partial charge in [0, 0.05) is 40.9 Å². The molecule has 0 spiro atoms. The maximum absolute atomic E-state index is 12.5. The van der Waals surface area contributed by atoms with Crippen LogP contribution in [0.25, 0.3) is 0 Å². The summed E-state index contributed by atoms with van der Waals surface area (Å²) >= 11 is 0. The quantitative estimate of drug-likeness (QED) is 0.460. The zero-order valence-electron chi connectivity index (χ0n) is 16.5. The highest BCUT2D eigenvalue weighted by molar-refractivity contribution is 5.89. The highest BCUT2D eigenvalue weighted by Gasteiger charge is 2.52. The molecule has 29 heavy (non-hydrogen) atoms. The van der Waals surface area contributed by atoms with E-state index in [1.54, 1.807) is 0 Å². The smallest absolute Gasteiger partial charge is 0.351 e. The first-order valence-electron chi connectivity index (χ1n) is 8.52. The largest absolute Gasteiger partial charge is 0.453 e. The fourth-order valence-electron chi connectivity index (χ4n) is 2.67. The van der Waals surface area contributed by atoms with Crippen molar-refractivity contribution >= 4 is 29.6 Å². The average Bonchev–Trinajstić information content (AvgIpc) is 2.89. The van der Waals surface area contributed by atoms with Gasteiger partial charge < -0.3 is 18.9 Å². The predicted molar refractivity (Wildman–Crippen MR) is 94.4 cm³/mol. The Labute approximate surface area is 165 Å². The number of rotatable bonds is 5. The molecule has 158 valence electrons. The van der Waals surface area contributed by atoms with Crippen molar-refractivity contribution < 1.29 is 38.1 Å². The first-order chi connectivity index (χ1) is 13.5. The minimum atomic E-state index is -1.42. The van der Waals surface area contributed by atoms with Gasteiger partial charge in [0.2, 0.25) is 18.3 Å². The van der Waals surface area contributed by atoms with Crippen molar-refractivity contribution in [3.05, 3.63) is 22.7 Å². The molecular formula is C17H21N3O9. The minimum absolute atomic E-state index is 0.0915. The highest BCUT2D eigenvalue weighted by atomic mass is 16.8. The van der Waals surface area contributed by atoms with Crippen LogP contribution in [-0.4, -0.2) is 58.9 Å². The van der Waals surface area contributed by atoms with Crippen LogP contribution in [0.15, 0.2) is 17.1 Å². The van der Waals surface area contributed by atoms with E-state index in [-0.39, 0.29) is 11.7 Å². The molecule has 0 N–H and O–H groups in total. The van der Waals surface area contributed by atoms with Gasteiger partial charge in [0.1, 0.15) is 5.82 Å². The topological polar surface area (TPSA) is 143 Å². The number of nitrogens with zero attached hydrogens (tertiary/aromatic N) is 3. The molecule has 0 aromatic carbocycles. The normalized spacial score (nSPS) is 23.2. The van der Waals surface area contributed by atoms with Gasteiger partial charge in [-0.3, -0.25) is 28.6 Å². The molecule has 12 heteroatoms. The van der Waals surface area contributed by atoms with Gasteiger partial charge in [0.25, 0.3) is 0 Å². The van der Waals surface area contributed by atoms with Crippen molar-refractivity contribution in [1.82, 2.24) is 9.55 Å². The SMILES string of the molecule is CC(=O)OC1C(OC(C)=O)[C@@H](n2ccc(N(C)C(C)=O)nc2=O)O[C@H]1OC(C)=O. The minimum Gasteiger partial charge on any atom is -0.453 e. The lowest BCUT2D eigenvalue weighted by atomic mass is 10.2. The van der Waals surface area contributed by atoms with Gasteiger partial charge in [0.05, 0.1) is 0 Å². The predicted octanol–water partition coefficient (Wildman–Crippen LogP) is -0.493. The highest BCUT2D eigenvalue weighted by Crippen LogP contribution is 2.34. The summed E-state index contributed by atoms with van der Waals surface area (Å²) in [4.78, 5) is 63.4. The summed E-state index contributed by atoms with van der Waals surface area (Å²) in [6.45, 7) is 4.65. The van der Waals surface area contributed by atoms with Crippen molar-refractivity contribution in [3.8, 4) is 0 Å². The molecule has 0 bridgehead atoms. The zero-order chi connectivity index (χ0) is 21.9. The number of anilines is 1. The molecule has 0 saturated carbocycles. The van der Waals surface area contributed by atoms with Crippen LogP contribution in [0.2, 0.25) is 0 Å². The monoisotopic (exact) mass is 411 g/mol. The molecule has 2 rings (SSSR count). The van der Waals surface area contributed by atoms with E-state index in [2.05, 4.69) is 4.98 Å². The van der Waals surface area contributed by atoms with Crippen LogP contribution < -0.4 is 10.6 Å². The van der Waals surface area contributed by atoms with Crippen molar-refractivity contribution in [3.63, 3.8) is 0 Å². The summed E-state index contributed by atoms with van der Waals surface area (Å²) in [5.41, 5.74) is -0.831. The van der Waals surface area contributed by atoms with Crippen LogP contribution >= 0.6 is 0 Å². The summed E-state index contributed by atoms with van der Waals surface area (Å²) in [5.74, 6) is -2.46. The second-order valence-electron chi connectivity index (χ2n) is 6.21. The van der Waals surface area contributed by atoms with Gasteiger partial charge in [-0.1, -0.05) is 0 Å². The first kappa shape index (κ1) is 22.0. The molecule has 0 radical (unpaired) electrons. The van der Waals surface area contributed by atoms with Gasteiger partial charge in [-0.15, -0.1) is 0 Å². The van der Waals surface area contributed by atoms with E-state index in [1.165, 1.54) is 26.2 Å². The Morgan fingerprint density at radius 2 is 1.55 bits per heavy atom. The number of ether oxygens (including phenoxy) is 4.